The van der Waals surface area contributed by atoms with Crippen LogP contribution in [0.1, 0.15) is 21.5 Å². The fourth-order valence-electron chi connectivity index (χ4n) is 3.60. The highest BCUT2D eigenvalue weighted by Gasteiger charge is 2.22. The maximum atomic E-state index is 13.0. The number of benzene rings is 3. The summed E-state index contributed by atoms with van der Waals surface area (Å²) in [7, 11) is 0. The molecule has 0 aromatic heterocycles. The van der Waals surface area contributed by atoms with Crippen LogP contribution in [0.5, 0.6) is 5.75 Å². The van der Waals surface area contributed by atoms with Crippen LogP contribution in [0.25, 0.3) is 0 Å². The van der Waals surface area contributed by atoms with Crippen molar-refractivity contribution in [3.05, 3.63) is 100 Å². The first-order valence-electron chi connectivity index (χ1n) is 10.3. The predicted octanol–water partition coefficient (Wildman–Crippen LogP) is 5.02. The van der Waals surface area contributed by atoms with Gasteiger partial charge >= 0.3 is 0 Å². The fraction of sp³-hybridized carbons (Fsp3) is 0.240. The van der Waals surface area contributed by atoms with Gasteiger partial charge in [0.2, 0.25) is 0 Å². The summed E-state index contributed by atoms with van der Waals surface area (Å²) in [5, 5.41) is 0.782. The smallest absolute Gasteiger partial charge is 0.253 e. The van der Waals surface area contributed by atoms with E-state index in [1.807, 2.05) is 53.4 Å². The molecule has 1 saturated heterocycles. The molecule has 1 amide bonds. The first kappa shape index (κ1) is 21.3. The normalized spacial score (nSPS) is 14.5. The number of amides is 1. The van der Waals surface area contributed by atoms with Gasteiger partial charge < -0.3 is 9.64 Å². The van der Waals surface area contributed by atoms with E-state index in [0.717, 1.165) is 35.8 Å². The summed E-state index contributed by atoms with van der Waals surface area (Å²) in [5.41, 5.74) is 2.73. The van der Waals surface area contributed by atoms with Gasteiger partial charge in [-0.1, -0.05) is 41.9 Å². The van der Waals surface area contributed by atoms with E-state index in [9.17, 15) is 9.18 Å². The molecular weight excluding hydrogens is 415 g/mol. The second kappa shape index (κ2) is 9.94. The summed E-state index contributed by atoms with van der Waals surface area (Å²) in [4.78, 5) is 17.1. The molecule has 1 heterocycles. The zero-order valence-corrected chi connectivity index (χ0v) is 17.9. The number of piperazine rings is 1. The van der Waals surface area contributed by atoms with Crippen molar-refractivity contribution in [2.45, 2.75) is 13.2 Å². The van der Waals surface area contributed by atoms with Crippen LogP contribution >= 0.6 is 11.6 Å². The van der Waals surface area contributed by atoms with Crippen molar-refractivity contribution >= 4 is 17.5 Å². The summed E-state index contributed by atoms with van der Waals surface area (Å²) in [6.07, 6.45) is 0. The molecule has 0 bridgehead atoms. The minimum absolute atomic E-state index is 0.0448. The van der Waals surface area contributed by atoms with Crippen molar-refractivity contribution in [1.29, 1.82) is 0 Å². The van der Waals surface area contributed by atoms with Crippen molar-refractivity contribution in [3.8, 4) is 5.75 Å². The van der Waals surface area contributed by atoms with E-state index in [1.54, 1.807) is 12.1 Å². The molecule has 0 N–H and O–H groups in total. The number of carbonyl (C=O) groups is 1. The molecule has 0 saturated carbocycles. The fourth-order valence-corrected chi connectivity index (χ4v) is 3.80. The summed E-state index contributed by atoms with van der Waals surface area (Å²) in [5.74, 6) is 0.361. The molecule has 0 spiro atoms. The molecule has 160 valence electrons. The maximum absolute atomic E-state index is 13.0. The van der Waals surface area contributed by atoms with Gasteiger partial charge in [-0.3, -0.25) is 9.69 Å². The lowest BCUT2D eigenvalue weighted by molar-refractivity contribution is 0.0628. The lowest BCUT2D eigenvalue weighted by Crippen LogP contribution is -2.48. The molecule has 0 radical (unpaired) electrons. The molecule has 4 rings (SSSR count). The second-order valence-electron chi connectivity index (χ2n) is 7.60. The van der Waals surface area contributed by atoms with Crippen LogP contribution in [-0.2, 0) is 13.2 Å². The molecule has 1 aliphatic heterocycles. The van der Waals surface area contributed by atoms with Crippen LogP contribution in [-0.4, -0.2) is 41.9 Å². The zero-order valence-electron chi connectivity index (χ0n) is 17.1. The van der Waals surface area contributed by atoms with Crippen LogP contribution in [0.4, 0.5) is 4.39 Å². The first-order chi connectivity index (χ1) is 15.1. The first-order valence-corrected chi connectivity index (χ1v) is 10.7. The van der Waals surface area contributed by atoms with Crippen molar-refractivity contribution in [3.63, 3.8) is 0 Å². The highest BCUT2D eigenvalue weighted by molar-refractivity contribution is 6.31. The van der Waals surface area contributed by atoms with Crippen LogP contribution in [0.15, 0.2) is 72.8 Å². The molecule has 3 aromatic carbocycles. The molecule has 0 atom stereocenters. The van der Waals surface area contributed by atoms with Crippen LogP contribution in [0, 0.1) is 5.82 Å². The van der Waals surface area contributed by atoms with E-state index in [4.69, 9.17) is 16.3 Å². The highest BCUT2D eigenvalue weighted by Crippen LogP contribution is 2.19. The Kier molecular flexibility index (Phi) is 6.85. The maximum Gasteiger partial charge on any atom is 0.253 e. The number of hydrogen-bond donors (Lipinski definition) is 0. The van der Waals surface area contributed by atoms with Gasteiger partial charge in [-0.2, -0.15) is 0 Å². The number of halogens is 2. The molecule has 6 heteroatoms. The molecule has 0 unspecified atom stereocenters. The summed E-state index contributed by atoms with van der Waals surface area (Å²) >= 11 is 6.26. The Morgan fingerprint density at radius 1 is 0.903 bits per heavy atom. The lowest BCUT2D eigenvalue weighted by atomic mass is 10.1. The van der Waals surface area contributed by atoms with Crippen LogP contribution in [0.2, 0.25) is 5.02 Å². The standard InChI is InChI=1S/C25H24ClFN2O2/c26-24-4-2-1-3-21(24)17-28-13-15-29(16-14-28)25(30)20-7-5-19(6-8-20)18-31-23-11-9-22(27)10-12-23/h1-12H,13-18H2. The molecule has 1 fully saturated rings. The van der Waals surface area contributed by atoms with Crippen molar-refractivity contribution < 1.29 is 13.9 Å². The van der Waals surface area contributed by atoms with Gasteiger partial charge in [-0.25, -0.2) is 4.39 Å². The lowest BCUT2D eigenvalue weighted by Gasteiger charge is -2.35. The number of hydrogen-bond acceptors (Lipinski definition) is 3. The van der Waals surface area contributed by atoms with E-state index in [0.29, 0.717) is 31.0 Å². The third-order valence-corrected chi connectivity index (χ3v) is 5.80. The van der Waals surface area contributed by atoms with Gasteiger partial charge in [0.25, 0.3) is 5.91 Å². The summed E-state index contributed by atoms with van der Waals surface area (Å²) in [6.45, 7) is 4.18. The summed E-state index contributed by atoms with van der Waals surface area (Å²) < 4.78 is 18.6. The second-order valence-corrected chi connectivity index (χ2v) is 8.01. The van der Waals surface area contributed by atoms with E-state index < -0.39 is 0 Å². The molecule has 4 nitrogen and oxygen atoms in total. The van der Waals surface area contributed by atoms with Crippen molar-refractivity contribution in [2.75, 3.05) is 26.2 Å². The number of nitrogens with zero attached hydrogens (tertiary/aromatic N) is 2. The molecule has 0 aliphatic carbocycles. The molecule has 1 aliphatic rings. The van der Waals surface area contributed by atoms with Crippen LogP contribution < -0.4 is 4.74 Å². The molecule has 3 aromatic rings. The topological polar surface area (TPSA) is 32.8 Å². The third-order valence-electron chi connectivity index (χ3n) is 5.43. The van der Waals surface area contributed by atoms with Gasteiger partial charge in [0.15, 0.2) is 0 Å². The largest absolute Gasteiger partial charge is 0.489 e. The van der Waals surface area contributed by atoms with Crippen LogP contribution in [0.3, 0.4) is 0 Å². The van der Waals surface area contributed by atoms with E-state index >= 15 is 0 Å². The Balaban J connectivity index is 1.27. The van der Waals surface area contributed by atoms with Crippen molar-refractivity contribution in [2.24, 2.45) is 0 Å². The third kappa shape index (κ3) is 5.63. The quantitative estimate of drug-likeness (QED) is 0.542. The van der Waals surface area contributed by atoms with E-state index in [2.05, 4.69) is 4.90 Å². The van der Waals surface area contributed by atoms with E-state index in [-0.39, 0.29) is 11.7 Å². The van der Waals surface area contributed by atoms with E-state index in [1.165, 1.54) is 12.1 Å². The molecular formula is C25H24ClFN2O2. The predicted molar refractivity (Wildman–Crippen MR) is 120 cm³/mol. The Morgan fingerprint density at radius 3 is 2.26 bits per heavy atom. The number of ether oxygens (including phenoxy) is 1. The Morgan fingerprint density at radius 2 is 1.58 bits per heavy atom. The van der Waals surface area contributed by atoms with Gasteiger partial charge in [0.05, 0.1) is 0 Å². The average Bonchev–Trinajstić information content (AvgIpc) is 2.81. The average molecular weight is 439 g/mol. The van der Waals surface area contributed by atoms with Gasteiger partial charge in [-0.05, 0) is 53.6 Å². The minimum atomic E-state index is -0.292. The van der Waals surface area contributed by atoms with Gasteiger partial charge in [0, 0.05) is 43.3 Å². The minimum Gasteiger partial charge on any atom is -0.489 e. The number of rotatable bonds is 6. The zero-order chi connectivity index (χ0) is 21.6. The highest BCUT2D eigenvalue weighted by atomic mass is 35.5. The summed E-state index contributed by atoms with van der Waals surface area (Å²) in [6, 6.07) is 21.3. The SMILES string of the molecule is O=C(c1ccc(COc2ccc(F)cc2)cc1)N1CCN(Cc2ccccc2Cl)CC1. The Bertz CT molecular complexity index is 1020. The molecule has 31 heavy (non-hydrogen) atoms. The Labute approximate surface area is 186 Å². The van der Waals surface area contributed by atoms with Gasteiger partial charge in [-0.15, -0.1) is 0 Å². The monoisotopic (exact) mass is 438 g/mol. The van der Waals surface area contributed by atoms with Crippen molar-refractivity contribution in [1.82, 2.24) is 9.80 Å². The van der Waals surface area contributed by atoms with Gasteiger partial charge in [0.1, 0.15) is 18.2 Å². The Hall–Kier alpha value is -2.89. The number of carbonyl (C=O) groups excluding carboxylic acids is 1.